The normalized spacial score (nSPS) is 12.6. The van der Waals surface area contributed by atoms with E-state index >= 15 is 0 Å². The zero-order valence-electron chi connectivity index (χ0n) is 9.72. The van der Waals surface area contributed by atoms with Gasteiger partial charge in [-0.3, -0.25) is 4.68 Å². The molecule has 1 aromatic heterocycles. The lowest BCUT2D eigenvalue weighted by Crippen LogP contribution is -2.18. The highest BCUT2D eigenvalue weighted by molar-refractivity contribution is 5.18. The molecule has 1 aromatic carbocycles. The highest BCUT2D eigenvalue weighted by Gasteiger charge is 2.04. The highest BCUT2D eigenvalue weighted by Crippen LogP contribution is 2.11. The molecule has 0 radical (unpaired) electrons. The van der Waals surface area contributed by atoms with Crippen molar-refractivity contribution in [1.29, 1.82) is 0 Å². The maximum atomic E-state index is 4.33. The van der Waals surface area contributed by atoms with E-state index in [0.29, 0.717) is 6.04 Å². The van der Waals surface area contributed by atoms with Crippen molar-refractivity contribution in [2.75, 3.05) is 0 Å². The Morgan fingerprint density at radius 1 is 1.25 bits per heavy atom. The second-order valence-corrected chi connectivity index (χ2v) is 3.99. The Morgan fingerprint density at radius 2 is 2.00 bits per heavy atom. The van der Waals surface area contributed by atoms with Gasteiger partial charge in [0.1, 0.15) is 0 Å². The zero-order chi connectivity index (χ0) is 11.4. The third-order valence-electron chi connectivity index (χ3n) is 2.66. The predicted octanol–water partition coefficient (Wildman–Crippen LogP) is 2.27. The molecule has 3 nitrogen and oxygen atoms in total. The third-order valence-corrected chi connectivity index (χ3v) is 2.66. The molecule has 0 fully saturated rings. The van der Waals surface area contributed by atoms with Crippen LogP contribution in [0.15, 0.2) is 42.6 Å². The monoisotopic (exact) mass is 215 g/mol. The summed E-state index contributed by atoms with van der Waals surface area (Å²) in [6, 6.07) is 12.8. The Balaban J connectivity index is 1.91. The molecule has 0 aliphatic rings. The van der Waals surface area contributed by atoms with Crippen molar-refractivity contribution in [1.82, 2.24) is 15.1 Å². The van der Waals surface area contributed by atoms with Gasteiger partial charge >= 0.3 is 0 Å². The number of nitrogens with one attached hydrogen (secondary N) is 1. The quantitative estimate of drug-likeness (QED) is 0.848. The SMILES string of the molecule is CC(NCc1ccn(C)n1)c1ccccc1. The number of benzene rings is 1. The molecular formula is C13H17N3. The van der Waals surface area contributed by atoms with Crippen LogP contribution in [0.5, 0.6) is 0 Å². The summed E-state index contributed by atoms with van der Waals surface area (Å²) in [4.78, 5) is 0. The van der Waals surface area contributed by atoms with Crippen LogP contribution in [-0.4, -0.2) is 9.78 Å². The van der Waals surface area contributed by atoms with Crippen LogP contribution in [0.2, 0.25) is 0 Å². The molecule has 84 valence electrons. The fourth-order valence-electron chi connectivity index (χ4n) is 1.67. The fraction of sp³-hybridized carbons (Fsp3) is 0.308. The van der Waals surface area contributed by atoms with Gasteiger partial charge in [0, 0.05) is 25.8 Å². The minimum absolute atomic E-state index is 0.350. The number of aromatic nitrogens is 2. The summed E-state index contributed by atoms with van der Waals surface area (Å²) in [5, 5.41) is 7.78. The van der Waals surface area contributed by atoms with Gasteiger partial charge in [-0.05, 0) is 18.6 Å². The molecule has 3 heteroatoms. The third kappa shape index (κ3) is 2.70. The van der Waals surface area contributed by atoms with Gasteiger partial charge in [0.25, 0.3) is 0 Å². The number of aryl methyl sites for hydroxylation is 1. The standard InChI is InChI=1S/C13H17N3/c1-11(12-6-4-3-5-7-12)14-10-13-8-9-16(2)15-13/h3-9,11,14H,10H2,1-2H3. The lowest BCUT2D eigenvalue weighted by molar-refractivity contribution is 0.562. The molecule has 0 amide bonds. The molecule has 0 spiro atoms. The Bertz CT molecular complexity index is 433. The summed E-state index contributed by atoms with van der Waals surface area (Å²) in [5.74, 6) is 0. The van der Waals surface area contributed by atoms with Crippen LogP contribution in [0.3, 0.4) is 0 Å². The van der Waals surface area contributed by atoms with Crippen LogP contribution in [0.4, 0.5) is 0 Å². The Morgan fingerprint density at radius 3 is 2.62 bits per heavy atom. The van der Waals surface area contributed by atoms with Gasteiger partial charge in [-0.25, -0.2) is 0 Å². The van der Waals surface area contributed by atoms with Gasteiger partial charge in [0.05, 0.1) is 5.69 Å². The molecule has 1 unspecified atom stereocenters. The van der Waals surface area contributed by atoms with Crippen LogP contribution < -0.4 is 5.32 Å². The van der Waals surface area contributed by atoms with Crippen LogP contribution in [-0.2, 0) is 13.6 Å². The van der Waals surface area contributed by atoms with Crippen molar-refractivity contribution >= 4 is 0 Å². The van der Waals surface area contributed by atoms with Crippen molar-refractivity contribution in [3.05, 3.63) is 53.9 Å². The van der Waals surface area contributed by atoms with Gasteiger partial charge in [-0.15, -0.1) is 0 Å². The Labute approximate surface area is 96.1 Å². The minimum Gasteiger partial charge on any atom is -0.304 e. The second-order valence-electron chi connectivity index (χ2n) is 3.99. The molecule has 1 heterocycles. The first-order valence-corrected chi connectivity index (χ1v) is 5.52. The van der Waals surface area contributed by atoms with E-state index < -0.39 is 0 Å². The smallest absolute Gasteiger partial charge is 0.0762 e. The molecule has 0 aliphatic carbocycles. The van der Waals surface area contributed by atoms with Crippen LogP contribution in [0.25, 0.3) is 0 Å². The molecule has 2 aromatic rings. The van der Waals surface area contributed by atoms with Gasteiger partial charge in [0.15, 0.2) is 0 Å². The Hall–Kier alpha value is -1.61. The van der Waals surface area contributed by atoms with Gasteiger partial charge in [0.2, 0.25) is 0 Å². The van der Waals surface area contributed by atoms with Crippen LogP contribution in [0.1, 0.15) is 24.2 Å². The summed E-state index contributed by atoms with van der Waals surface area (Å²) in [7, 11) is 1.93. The van der Waals surface area contributed by atoms with Crippen molar-refractivity contribution in [3.63, 3.8) is 0 Å². The van der Waals surface area contributed by atoms with Gasteiger partial charge < -0.3 is 5.32 Å². The first-order valence-electron chi connectivity index (χ1n) is 5.52. The van der Waals surface area contributed by atoms with Crippen molar-refractivity contribution in [2.45, 2.75) is 19.5 Å². The first kappa shape index (κ1) is 10.9. The molecule has 0 saturated carbocycles. The van der Waals surface area contributed by atoms with E-state index in [4.69, 9.17) is 0 Å². The lowest BCUT2D eigenvalue weighted by atomic mass is 10.1. The number of hydrogen-bond acceptors (Lipinski definition) is 2. The molecule has 2 rings (SSSR count). The molecule has 0 aliphatic heterocycles. The Kier molecular flexibility index (Phi) is 3.37. The van der Waals surface area contributed by atoms with E-state index in [1.54, 1.807) is 0 Å². The van der Waals surface area contributed by atoms with Crippen molar-refractivity contribution in [2.24, 2.45) is 7.05 Å². The lowest BCUT2D eigenvalue weighted by Gasteiger charge is -2.12. The summed E-state index contributed by atoms with van der Waals surface area (Å²) in [5.41, 5.74) is 2.38. The van der Waals surface area contributed by atoms with Gasteiger partial charge in [-0.2, -0.15) is 5.10 Å². The highest BCUT2D eigenvalue weighted by atomic mass is 15.3. The second kappa shape index (κ2) is 4.94. The maximum absolute atomic E-state index is 4.33. The summed E-state index contributed by atoms with van der Waals surface area (Å²) in [6.45, 7) is 2.97. The van der Waals surface area contributed by atoms with E-state index in [2.05, 4.69) is 41.6 Å². The number of rotatable bonds is 4. The topological polar surface area (TPSA) is 29.9 Å². The number of nitrogens with zero attached hydrogens (tertiary/aromatic N) is 2. The minimum atomic E-state index is 0.350. The van der Waals surface area contributed by atoms with E-state index in [-0.39, 0.29) is 0 Å². The summed E-state index contributed by atoms with van der Waals surface area (Å²) < 4.78 is 1.82. The molecule has 16 heavy (non-hydrogen) atoms. The molecule has 0 bridgehead atoms. The fourth-order valence-corrected chi connectivity index (χ4v) is 1.67. The van der Waals surface area contributed by atoms with E-state index in [1.165, 1.54) is 5.56 Å². The molecule has 0 saturated heterocycles. The van der Waals surface area contributed by atoms with E-state index in [0.717, 1.165) is 12.2 Å². The summed E-state index contributed by atoms with van der Waals surface area (Å²) >= 11 is 0. The largest absolute Gasteiger partial charge is 0.304 e. The zero-order valence-corrected chi connectivity index (χ0v) is 9.72. The predicted molar refractivity (Wildman–Crippen MR) is 64.9 cm³/mol. The first-order chi connectivity index (χ1) is 7.75. The summed E-state index contributed by atoms with van der Waals surface area (Å²) in [6.07, 6.45) is 1.96. The average molecular weight is 215 g/mol. The molecular weight excluding hydrogens is 198 g/mol. The average Bonchev–Trinajstić information content (AvgIpc) is 2.73. The van der Waals surface area contributed by atoms with Crippen LogP contribution in [0, 0.1) is 0 Å². The van der Waals surface area contributed by atoms with Gasteiger partial charge in [-0.1, -0.05) is 30.3 Å². The van der Waals surface area contributed by atoms with Crippen LogP contribution >= 0.6 is 0 Å². The van der Waals surface area contributed by atoms with E-state index in [1.807, 2.05) is 30.1 Å². The molecule has 1 N–H and O–H groups in total. The number of hydrogen-bond donors (Lipinski definition) is 1. The molecule has 1 atom stereocenters. The van der Waals surface area contributed by atoms with Crippen molar-refractivity contribution < 1.29 is 0 Å². The van der Waals surface area contributed by atoms with Crippen molar-refractivity contribution in [3.8, 4) is 0 Å². The van der Waals surface area contributed by atoms with E-state index in [9.17, 15) is 0 Å². The maximum Gasteiger partial charge on any atom is 0.0762 e.